The second-order valence-corrected chi connectivity index (χ2v) is 9.62. The highest BCUT2D eigenvalue weighted by Crippen LogP contribution is 2.40. The van der Waals surface area contributed by atoms with Crippen LogP contribution in [0.3, 0.4) is 0 Å². The lowest BCUT2D eigenvalue weighted by molar-refractivity contribution is -0.143. The minimum absolute atomic E-state index is 0.178. The molecule has 0 bridgehead atoms. The highest BCUT2D eigenvalue weighted by Gasteiger charge is 2.26. The van der Waals surface area contributed by atoms with Gasteiger partial charge >= 0.3 is 5.97 Å². The molecule has 1 atom stereocenters. The second-order valence-electron chi connectivity index (χ2n) is 9.62. The van der Waals surface area contributed by atoms with E-state index in [1.54, 1.807) is 21.1 Å². The molecule has 2 aromatic carbocycles. The van der Waals surface area contributed by atoms with Gasteiger partial charge in [-0.1, -0.05) is 6.07 Å². The monoisotopic (exact) mass is 438 g/mol. The highest BCUT2D eigenvalue weighted by atomic mass is 16.5. The number of ketones is 1. The van der Waals surface area contributed by atoms with E-state index in [-0.39, 0.29) is 11.8 Å². The van der Waals surface area contributed by atoms with Crippen molar-refractivity contribution < 1.29 is 23.8 Å². The Morgan fingerprint density at radius 3 is 2.31 bits per heavy atom. The van der Waals surface area contributed by atoms with Gasteiger partial charge in [-0.2, -0.15) is 0 Å². The Kier molecular flexibility index (Phi) is 7.27. The number of Topliss-reactive ketones (excluding diaryl/α,β-unsaturated/α-hetero) is 1. The maximum atomic E-state index is 12.2. The van der Waals surface area contributed by atoms with E-state index in [1.165, 1.54) is 16.7 Å². The zero-order valence-electron chi connectivity index (χ0n) is 20.0. The summed E-state index contributed by atoms with van der Waals surface area (Å²) in [6.07, 6.45) is 3.98. The summed E-state index contributed by atoms with van der Waals surface area (Å²) in [6.45, 7) is 7.18. The van der Waals surface area contributed by atoms with Crippen molar-refractivity contribution in [3.05, 3.63) is 52.6 Å². The molecule has 0 unspecified atom stereocenters. The number of methoxy groups -OCH3 is 2. The first-order valence-corrected chi connectivity index (χ1v) is 11.2. The molecule has 0 N–H and O–H groups in total. The predicted octanol–water partition coefficient (Wildman–Crippen LogP) is 5.45. The molecular formula is C27H34O5. The summed E-state index contributed by atoms with van der Waals surface area (Å²) in [4.78, 5) is 23.9. The van der Waals surface area contributed by atoms with Gasteiger partial charge in [-0.05, 0) is 106 Å². The van der Waals surface area contributed by atoms with Crippen LogP contribution in [0.1, 0.15) is 68.7 Å². The van der Waals surface area contributed by atoms with Crippen LogP contribution in [0.5, 0.6) is 17.2 Å². The first-order valence-electron chi connectivity index (χ1n) is 11.2. The number of fused-ring (bicyclic) bond motifs is 1. The Hall–Kier alpha value is -2.82. The third-order valence-corrected chi connectivity index (χ3v) is 6.06. The highest BCUT2D eigenvalue weighted by molar-refractivity contribution is 5.78. The predicted molar refractivity (Wildman–Crippen MR) is 125 cm³/mol. The number of hydrogen-bond acceptors (Lipinski definition) is 5. The molecule has 32 heavy (non-hydrogen) atoms. The fraction of sp³-hybridized carbons (Fsp3) is 0.481. The summed E-state index contributed by atoms with van der Waals surface area (Å²) < 4.78 is 16.6. The minimum atomic E-state index is -0.537. The number of rotatable bonds is 7. The molecule has 0 amide bonds. The molecule has 0 saturated heterocycles. The van der Waals surface area contributed by atoms with Crippen LogP contribution in [-0.2, 0) is 28.9 Å². The molecule has 1 aliphatic carbocycles. The SMILES string of the molecule is COc1cc(CCC(C)=O)c([C@@H]2CCc3cc(OC(=O)C(C)(C)C)ccc3C2)cc1OC. The lowest BCUT2D eigenvalue weighted by Gasteiger charge is -2.28. The smallest absolute Gasteiger partial charge is 0.316 e. The van der Waals surface area contributed by atoms with Gasteiger partial charge in [0.15, 0.2) is 11.5 Å². The summed E-state index contributed by atoms with van der Waals surface area (Å²) >= 11 is 0. The van der Waals surface area contributed by atoms with Crippen molar-refractivity contribution in [2.45, 2.75) is 65.7 Å². The van der Waals surface area contributed by atoms with Gasteiger partial charge in [-0.25, -0.2) is 0 Å². The van der Waals surface area contributed by atoms with E-state index in [0.717, 1.165) is 24.8 Å². The van der Waals surface area contributed by atoms with Gasteiger partial charge in [-0.15, -0.1) is 0 Å². The minimum Gasteiger partial charge on any atom is -0.493 e. The molecule has 3 rings (SSSR count). The largest absolute Gasteiger partial charge is 0.493 e. The van der Waals surface area contributed by atoms with E-state index in [9.17, 15) is 9.59 Å². The Morgan fingerprint density at radius 2 is 1.69 bits per heavy atom. The van der Waals surface area contributed by atoms with Crippen molar-refractivity contribution in [2.75, 3.05) is 14.2 Å². The molecule has 0 saturated carbocycles. The maximum Gasteiger partial charge on any atom is 0.316 e. The summed E-state index contributed by atoms with van der Waals surface area (Å²) in [5.41, 5.74) is 4.32. The molecular weight excluding hydrogens is 404 g/mol. The van der Waals surface area contributed by atoms with Gasteiger partial charge < -0.3 is 19.0 Å². The lowest BCUT2D eigenvalue weighted by atomic mass is 9.78. The van der Waals surface area contributed by atoms with E-state index in [0.29, 0.717) is 36.0 Å². The molecule has 0 radical (unpaired) electrons. The summed E-state index contributed by atoms with van der Waals surface area (Å²) in [7, 11) is 3.28. The Labute approximate surface area is 191 Å². The van der Waals surface area contributed by atoms with Crippen molar-refractivity contribution in [3.8, 4) is 17.2 Å². The molecule has 0 aliphatic heterocycles. The van der Waals surface area contributed by atoms with Crippen LogP contribution in [0.15, 0.2) is 30.3 Å². The number of ether oxygens (including phenoxy) is 3. The third-order valence-electron chi connectivity index (χ3n) is 6.06. The zero-order chi connectivity index (χ0) is 23.5. The van der Waals surface area contributed by atoms with Gasteiger partial charge in [-0.3, -0.25) is 4.79 Å². The normalized spacial score (nSPS) is 15.6. The molecule has 5 nitrogen and oxygen atoms in total. The van der Waals surface area contributed by atoms with Gasteiger partial charge in [0.2, 0.25) is 0 Å². The molecule has 0 heterocycles. The number of benzene rings is 2. The average molecular weight is 439 g/mol. The Morgan fingerprint density at radius 1 is 1.00 bits per heavy atom. The van der Waals surface area contributed by atoms with Crippen LogP contribution in [0, 0.1) is 5.41 Å². The molecule has 1 aliphatic rings. The van der Waals surface area contributed by atoms with Gasteiger partial charge in [0, 0.05) is 6.42 Å². The first kappa shape index (κ1) is 23.8. The number of carbonyl (C=O) groups is 2. The van der Waals surface area contributed by atoms with Crippen molar-refractivity contribution in [1.29, 1.82) is 0 Å². The number of aryl methyl sites for hydroxylation is 2. The quantitative estimate of drug-likeness (QED) is 0.425. The van der Waals surface area contributed by atoms with Crippen molar-refractivity contribution in [1.82, 2.24) is 0 Å². The fourth-order valence-corrected chi connectivity index (χ4v) is 4.16. The van der Waals surface area contributed by atoms with Gasteiger partial charge in [0.05, 0.1) is 19.6 Å². The third kappa shape index (κ3) is 5.50. The summed E-state index contributed by atoms with van der Waals surface area (Å²) in [5.74, 6) is 2.28. The van der Waals surface area contributed by atoms with Crippen LogP contribution < -0.4 is 14.2 Å². The van der Waals surface area contributed by atoms with E-state index in [2.05, 4.69) is 12.1 Å². The van der Waals surface area contributed by atoms with Crippen LogP contribution in [0.4, 0.5) is 0 Å². The first-order chi connectivity index (χ1) is 15.1. The van der Waals surface area contributed by atoms with Crippen LogP contribution in [0.25, 0.3) is 0 Å². The van der Waals surface area contributed by atoms with E-state index >= 15 is 0 Å². The van der Waals surface area contributed by atoms with E-state index in [4.69, 9.17) is 14.2 Å². The lowest BCUT2D eigenvalue weighted by Crippen LogP contribution is -2.25. The number of hydrogen-bond donors (Lipinski definition) is 0. The maximum absolute atomic E-state index is 12.2. The van der Waals surface area contributed by atoms with Crippen molar-refractivity contribution in [2.24, 2.45) is 5.41 Å². The van der Waals surface area contributed by atoms with Crippen LogP contribution in [-0.4, -0.2) is 26.0 Å². The van der Waals surface area contributed by atoms with Gasteiger partial charge in [0.1, 0.15) is 11.5 Å². The average Bonchev–Trinajstić information content (AvgIpc) is 2.75. The molecule has 172 valence electrons. The van der Waals surface area contributed by atoms with Crippen LogP contribution >= 0.6 is 0 Å². The Bertz CT molecular complexity index is 1000. The molecule has 5 heteroatoms. The molecule has 2 aromatic rings. The molecule has 0 fully saturated rings. The zero-order valence-corrected chi connectivity index (χ0v) is 20.0. The summed E-state index contributed by atoms with van der Waals surface area (Å²) in [5, 5.41) is 0. The summed E-state index contributed by atoms with van der Waals surface area (Å²) in [6, 6.07) is 10.0. The van der Waals surface area contributed by atoms with E-state index in [1.807, 2.05) is 39.0 Å². The fourth-order valence-electron chi connectivity index (χ4n) is 4.16. The number of carbonyl (C=O) groups excluding carboxylic acids is 2. The van der Waals surface area contributed by atoms with Gasteiger partial charge in [0.25, 0.3) is 0 Å². The Balaban J connectivity index is 1.87. The van der Waals surface area contributed by atoms with Crippen molar-refractivity contribution in [3.63, 3.8) is 0 Å². The van der Waals surface area contributed by atoms with Crippen molar-refractivity contribution >= 4 is 11.8 Å². The van der Waals surface area contributed by atoms with Crippen LogP contribution in [0.2, 0.25) is 0 Å². The standard InChI is InChI=1S/C27H34O5/c1-17(28)7-8-21-15-24(30-5)25(31-6)16-23(21)20-10-9-19-14-22(12-11-18(19)13-20)32-26(29)27(2,3)4/h11-12,14-16,20H,7-10,13H2,1-6H3/t20-/m1/s1. The topological polar surface area (TPSA) is 61.8 Å². The molecule has 0 spiro atoms. The van der Waals surface area contributed by atoms with E-state index < -0.39 is 5.41 Å². The second kappa shape index (κ2) is 9.76. The number of esters is 1. The molecule has 0 aromatic heterocycles.